The van der Waals surface area contributed by atoms with Gasteiger partial charge in [-0.05, 0) is 96.6 Å². The molecule has 4 heterocycles. The topological polar surface area (TPSA) is 554 Å². The second-order valence-electron chi connectivity index (χ2n) is 26.0. The number of carboxylic acids is 1. The lowest BCUT2D eigenvalue weighted by Gasteiger charge is -2.21. The van der Waals surface area contributed by atoms with E-state index in [0.717, 1.165) is 28.8 Å². The number of alkyl carbamates (subject to hydrolysis) is 2. The Balaban J connectivity index is 0.000000823. The van der Waals surface area contributed by atoms with Gasteiger partial charge >= 0.3 is 66.1 Å². The number of aromatic nitrogens is 2. The highest BCUT2D eigenvalue weighted by Gasteiger charge is 2.34. The lowest BCUT2D eigenvalue weighted by atomic mass is 9.94. The van der Waals surface area contributed by atoms with Gasteiger partial charge in [0.15, 0.2) is 5.78 Å². The largest absolute Gasteiger partial charge is 0.542 e. The second-order valence-corrected chi connectivity index (χ2v) is 26.0. The number of alkyl halides is 3. The fourth-order valence-corrected chi connectivity index (χ4v) is 9.49. The zero-order chi connectivity index (χ0) is 93.4. The zero-order valence-corrected chi connectivity index (χ0v) is 70.4. The smallest absolute Gasteiger partial charge is 0.430 e. The minimum absolute atomic E-state index is 0.00395. The lowest BCUT2D eigenvalue weighted by Crippen LogP contribution is -2.52. The summed E-state index contributed by atoms with van der Waals surface area (Å²) < 4.78 is 85.8. The number of hydrogen-bond acceptors (Lipinski definition) is 31. The van der Waals surface area contributed by atoms with E-state index >= 15 is 0 Å². The number of benzene rings is 4. The van der Waals surface area contributed by atoms with Crippen molar-refractivity contribution in [1.82, 2.24) is 25.9 Å². The van der Waals surface area contributed by atoms with Gasteiger partial charge in [0.1, 0.15) is 50.3 Å². The number of aliphatic carboxylic acids is 1. The van der Waals surface area contributed by atoms with Crippen LogP contribution in [0.3, 0.4) is 0 Å². The van der Waals surface area contributed by atoms with Crippen molar-refractivity contribution in [3.63, 3.8) is 0 Å². The van der Waals surface area contributed by atoms with E-state index in [0.29, 0.717) is 52.6 Å². The molecule has 4 atom stereocenters. The van der Waals surface area contributed by atoms with Crippen molar-refractivity contribution in [1.29, 1.82) is 0 Å². The van der Waals surface area contributed by atoms with E-state index in [4.69, 9.17) is 58.9 Å². The number of cyclic esters (lactones) is 4. The minimum Gasteiger partial charge on any atom is -0.542 e. The van der Waals surface area contributed by atoms with E-state index in [9.17, 15) is 75.5 Å². The number of nitrogens with zero attached hydrogens (tertiary/aromatic N) is 9. The number of anilines is 1. The average Bonchev–Trinajstić information content (AvgIpc) is 1.72. The summed E-state index contributed by atoms with van der Waals surface area (Å²) in [5.41, 5.74) is 24.4. The molecule has 2 saturated heterocycles. The molecule has 4 aromatic carbocycles. The number of esters is 8. The standard InChI is InChI=1S/C34H44N4O9.2C13H13NO5.C7H10N2.C6H14N4O2.C5H5N.C4H6O3.C2HF3O2/c1-26(39)23-29(14-16-32(41)46-24-27-9-4-2-5-10-27)34(43)37-30(15-17-33(42)47-25-28-11-6-3-7-12-28)31(40)13-8-19-44-21-22-45-20-18-36-38-35;2*15-11(18-8-9-4-2-1-3-5-9)7-6-10-12(16)19-13(17)14-10;1-9(2)7-3-5-8-6-4-7;7-1-3-11-5-6-12-4-2-9-10-8;1-2-4-6-5-3-1;1-3(5)7-4(2)6;3-2(4,5)1(6)7/h2-7,9-12,29-30H,8,13-25H2,1H3,(H,37,43);2*1-5,10H,6-8H2,(H,14,17);3-6H,1-2H3;1-7H2;1-5H;1-2H3;(H,6,7)/t29-,30-;2*10-;;;;;/m110...../s1. The summed E-state index contributed by atoms with van der Waals surface area (Å²) in [7, 11) is 4.02. The predicted molar refractivity (Wildman–Crippen MR) is 439 cm³/mol. The Morgan fingerprint density at radius 1 is 0.516 bits per heavy atom. The van der Waals surface area contributed by atoms with Gasteiger partial charge in [0.25, 0.3) is 0 Å². The van der Waals surface area contributed by atoms with Gasteiger partial charge in [-0.2, -0.15) is 13.2 Å². The summed E-state index contributed by atoms with van der Waals surface area (Å²) in [6.07, 6.45) is 0.975. The SMILES string of the molecule is CC(=O)C[C@@H](CCC(=O)OCc1ccccc1)C(=O)N[C@H](CCC(=O)OCc1ccccc1)C(=O)CCCOCCOCCN=[N+]=[N-].CC(=O)OC(C)=O.CN(C)c1ccncc1.O=C(CC[C@@H]1NC(=O)OC1=O)OCc1ccccc1.O=C(CC[C@H]1NC(=O)OC1=O)OCc1ccccc1.O=C([O-])C(F)(F)F.[N-]=[N+]=NCCOCCOCC[NH3+].c1ccncc1. The Morgan fingerprint density at radius 3 is 1.17 bits per heavy atom. The van der Waals surface area contributed by atoms with Gasteiger partial charge in [0.05, 0.1) is 58.8 Å². The molecule has 0 spiro atoms. The molecule has 2 aliphatic heterocycles. The highest BCUT2D eigenvalue weighted by atomic mass is 19.4. The van der Waals surface area contributed by atoms with Crippen molar-refractivity contribution in [2.45, 2.75) is 142 Å². The van der Waals surface area contributed by atoms with E-state index in [2.05, 4.69) is 65.9 Å². The highest BCUT2D eigenvalue weighted by molar-refractivity contribution is 5.96. The maximum absolute atomic E-state index is 13.3. The van der Waals surface area contributed by atoms with Crippen LogP contribution in [0.5, 0.6) is 0 Å². The molecular formula is C84H106F3N13O26. The number of quaternary nitrogens is 1. The molecule has 2 aliphatic rings. The van der Waals surface area contributed by atoms with Gasteiger partial charge in [-0.15, -0.1) is 0 Å². The van der Waals surface area contributed by atoms with Crippen LogP contribution in [-0.4, -0.2) is 204 Å². The van der Waals surface area contributed by atoms with Crippen molar-refractivity contribution in [3.8, 4) is 0 Å². The van der Waals surface area contributed by atoms with Crippen LogP contribution in [0.4, 0.5) is 28.4 Å². The number of carbonyl (C=O) groups excluding carboxylic acids is 14. The molecular weight excluding hydrogens is 1660 g/mol. The summed E-state index contributed by atoms with van der Waals surface area (Å²) >= 11 is 0. The second kappa shape index (κ2) is 69.8. The molecule has 126 heavy (non-hydrogen) atoms. The molecule has 6 aromatic rings. The summed E-state index contributed by atoms with van der Waals surface area (Å²) in [4.78, 5) is 173. The van der Waals surface area contributed by atoms with E-state index in [1.165, 1.54) is 26.5 Å². The number of nitrogens with one attached hydrogen (secondary N) is 3. The summed E-state index contributed by atoms with van der Waals surface area (Å²) in [5, 5.41) is 22.8. The number of pyridine rings is 2. The summed E-state index contributed by atoms with van der Waals surface area (Å²) in [5.74, 6) is -9.26. The number of amides is 3. The minimum atomic E-state index is -5.19. The molecule has 3 amide bonds. The van der Waals surface area contributed by atoms with Crippen molar-refractivity contribution >= 4 is 89.1 Å². The molecule has 0 saturated carbocycles. The van der Waals surface area contributed by atoms with Crippen molar-refractivity contribution in [2.75, 3.05) is 91.5 Å². The van der Waals surface area contributed by atoms with Crippen LogP contribution in [0.25, 0.3) is 20.9 Å². The number of azide groups is 2. The molecule has 2 aromatic heterocycles. The molecule has 39 nitrogen and oxygen atoms in total. The van der Waals surface area contributed by atoms with Gasteiger partial charge in [-0.1, -0.05) is 138 Å². The third kappa shape index (κ3) is 60.8. The van der Waals surface area contributed by atoms with Crippen LogP contribution in [0.1, 0.15) is 114 Å². The van der Waals surface area contributed by atoms with E-state index in [1.54, 1.807) is 24.8 Å². The molecule has 684 valence electrons. The number of ketones is 2. The number of rotatable bonds is 44. The number of ether oxygens (including phenoxy) is 11. The summed E-state index contributed by atoms with van der Waals surface area (Å²) in [6.45, 7) is 9.04. The number of hydrogen-bond donors (Lipinski definition) is 4. The Labute approximate surface area is 724 Å². The first-order valence-electron chi connectivity index (χ1n) is 39.0. The normalized spacial score (nSPS) is 12.8. The van der Waals surface area contributed by atoms with E-state index < -0.39 is 102 Å². The first-order chi connectivity index (χ1) is 60.4. The fraction of sp³-hybridized carbons (Fsp3) is 0.429. The summed E-state index contributed by atoms with van der Waals surface area (Å²) in [6, 6.07) is 44.0. The van der Waals surface area contributed by atoms with Gasteiger partial charge < -0.3 is 93.4 Å². The molecule has 8 rings (SSSR count). The molecule has 0 unspecified atom stereocenters. The quantitative estimate of drug-likeness (QED) is 0.00531. The first kappa shape index (κ1) is 110. The fourth-order valence-electron chi connectivity index (χ4n) is 9.49. The van der Waals surface area contributed by atoms with Gasteiger partial charge in [0.2, 0.25) is 5.91 Å². The number of Topliss-reactive ketones (excluding diaryl/α,β-unsaturated/α-hetero) is 2. The van der Waals surface area contributed by atoms with Crippen molar-refractivity contribution < 1.29 is 143 Å². The van der Waals surface area contributed by atoms with Gasteiger partial charge in [-0.3, -0.25) is 48.3 Å². The Hall–Kier alpha value is -13.6. The van der Waals surface area contributed by atoms with E-state index in [1.807, 2.05) is 171 Å². The Kier molecular flexibility index (Phi) is 61.2. The third-order valence-electron chi connectivity index (χ3n) is 15.5. The number of halogens is 3. The van der Waals surface area contributed by atoms with Crippen LogP contribution >= 0.6 is 0 Å². The Bertz CT molecular complexity index is 4150. The highest BCUT2D eigenvalue weighted by Crippen LogP contribution is 2.18. The Morgan fingerprint density at radius 2 is 0.873 bits per heavy atom. The predicted octanol–water partition coefficient (Wildman–Crippen LogP) is 8.29. The van der Waals surface area contributed by atoms with Gasteiger partial charge in [0, 0.05) is 132 Å². The molecule has 0 bridgehead atoms. The molecule has 6 N–H and O–H groups in total. The first-order valence-corrected chi connectivity index (χ1v) is 39.0. The van der Waals surface area contributed by atoms with Crippen LogP contribution in [-0.2, 0) is 136 Å². The zero-order valence-electron chi connectivity index (χ0n) is 70.4. The lowest BCUT2D eigenvalue weighted by molar-refractivity contribution is -0.374. The van der Waals surface area contributed by atoms with Crippen LogP contribution in [0, 0.1) is 5.92 Å². The van der Waals surface area contributed by atoms with Crippen LogP contribution < -0.4 is 31.7 Å². The third-order valence-corrected chi connectivity index (χ3v) is 15.5. The van der Waals surface area contributed by atoms with Crippen LogP contribution in [0.15, 0.2) is 187 Å². The van der Waals surface area contributed by atoms with E-state index in [-0.39, 0.29) is 122 Å². The van der Waals surface area contributed by atoms with Crippen molar-refractivity contribution in [3.05, 3.63) is 220 Å². The monoisotopic (exact) mass is 1770 g/mol. The molecule has 2 fully saturated rings. The average molecular weight is 1770 g/mol. The van der Waals surface area contributed by atoms with Crippen molar-refractivity contribution in [2.24, 2.45) is 16.1 Å². The number of carbonyl (C=O) groups is 14. The maximum atomic E-state index is 13.3. The van der Waals surface area contributed by atoms with Gasteiger partial charge in [-0.25, -0.2) is 19.2 Å². The maximum Gasteiger partial charge on any atom is 0.430 e. The molecule has 0 aliphatic carbocycles. The van der Waals surface area contributed by atoms with Crippen LogP contribution in [0.2, 0.25) is 0 Å². The molecule has 0 radical (unpaired) electrons. The molecule has 42 heteroatoms. The number of carboxylic acid groups (broad SMARTS) is 1.